The van der Waals surface area contributed by atoms with E-state index in [4.69, 9.17) is 9.84 Å². The number of carbonyl (C=O) groups is 1. The third-order valence-electron chi connectivity index (χ3n) is 3.38. The summed E-state index contributed by atoms with van der Waals surface area (Å²) in [5.41, 5.74) is 0. The van der Waals surface area contributed by atoms with Crippen LogP contribution in [0.2, 0.25) is 0 Å². The lowest BCUT2D eigenvalue weighted by atomic mass is 9.78. The van der Waals surface area contributed by atoms with Gasteiger partial charge in [0.05, 0.1) is 12.0 Å². The molecule has 0 aromatic carbocycles. The molecular weight excluding hydrogens is 180 g/mol. The predicted molar refractivity (Wildman–Crippen MR) is 54.2 cm³/mol. The zero-order valence-corrected chi connectivity index (χ0v) is 9.03. The van der Waals surface area contributed by atoms with Gasteiger partial charge in [-0.25, -0.2) is 0 Å². The first-order chi connectivity index (χ1) is 6.69. The molecule has 1 unspecified atom stereocenters. The van der Waals surface area contributed by atoms with E-state index in [1.807, 2.05) is 6.92 Å². The molecule has 0 radical (unpaired) electrons. The molecule has 14 heavy (non-hydrogen) atoms. The quantitative estimate of drug-likeness (QED) is 0.757. The molecule has 0 aliphatic heterocycles. The van der Waals surface area contributed by atoms with E-state index >= 15 is 0 Å². The number of carboxylic acid groups (broad SMARTS) is 1. The SMILES string of the molecule is CCC(C(=O)O)C1CCC(OC)CC1. The van der Waals surface area contributed by atoms with Crippen molar-refractivity contribution in [3.05, 3.63) is 0 Å². The van der Waals surface area contributed by atoms with Crippen LogP contribution < -0.4 is 0 Å². The number of carboxylic acids is 1. The highest BCUT2D eigenvalue weighted by Crippen LogP contribution is 2.32. The van der Waals surface area contributed by atoms with Crippen molar-refractivity contribution in [2.75, 3.05) is 7.11 Å². The van der Waals surface area contributed by atoms with E-state index in [0.717, 1.165) is 32.1 Å². The molecule has 0 heterocycles. The van der Waals surface area contributed by atoms with Crippen molar-refractivity contribution >= 4 is 5.97 Å². The minimum Gasteiger partial charge on any atom is -0.481 e. The van der Waals surface area contributed by atoms with Crippen LogP contribution in [0.15, 0.2) is 0 Å². The fourth-order valence-corrected chi connectivity index (χ4v) is 2.44. The normalized spacial score (nSPS) is 29.9. The predicted octanol–water partition coefficient (Wildman–Crippen LogP) is 2.30. The largest absolute Gasteiger partial charge is 0.481 e. The van der Waals surface area contributed by atoms with Gasteiger partial charge >= 0.3 is 5.97 Å². The number of aliphatic carboxylic acids is 1. The minimum absolute atomic E-state index is 0.146. The Balaban J connectivity index is 2.43. The summed E-state index contributed by atoms with van der Waals surface area (Å²) in [5, 5.41) is 9.02. The third kappa shape index (κ3) is 2.71. The van der Waals surface area contributed by atoms with Crippen molar-refractivity contribution in [2.45, 2.75) is 45.1 Å². The van der Waals surface area contributed by atoms with Gasteiger partial charge in [-0.3, -0.25) is 4.79 Å². The van der Waals surface area contributed by atoms with E-state index in [0.29, 0.717) is 12.0 Å². The zero-order valence-electron chi connectivity index (χ0n) is 9.03. The van der Waals surface area contributed by atoms with Crippen LogP contribution in [0.4, 0.5) is 0 Å². The molecule has 0 aromatic heterocycles. The van der Waals surface area contributed by atoms with Gasteiger partial charge in [0, 0.05) is 7.11 Å². The summed E-state index contributed by atoms with van der Waals surface area (Å²) >= 11 is 0. The summed E-state index contributed by atoms with van der Waals surface area (Å²) in [6.07, 6.45) is 5.15. The molecule has 1 fully saturated rings. The van der Waals surface area contributed by atoms with E-state index in [9.17, 15) is 4.79 Å². The van der Waals surface area contributed by atoms with Crippen molar-refractivity contribution in [3.8, 4) is 0 Å². The minimum atomic E-state index is -0.631. The highest BCUT2D eigenvalue weighted by atomic mass is 16.5. The first-order valence-corrected chi connectivity index (χ1v) is 5.44. The summed E-state index contributed by atoms with van der Waals surface area (Å²) in [6, 6.07) is 0. The summed E-state index contributed by atoms with van der Waals surface area (Å²) in [6.45, 7) is 1.96. The van der Waals surface area contributed by atoms with Gasteiger partial charge in [0.2, 0.25) is 0 Å². The van der Waals surface area contributed by atoms with Gasteiger partial charge in [-0.05, 0) is 38.0 Å². The summed E-state index contributed by atoms with van der Waals surface area (Å²) in [7, 11) is 1.74. The van der Waals surface area contributed by atoms with Crippen LogP contribution >= 0.6 is 0 Å². The third-order valence-corrected chi connectivity index (χ3v) is 3.38. The van der Waals surface area contributed by atoms with E-state index in [2.05, 4.69) is 0 Å². The molecule has 0 saturated heterocycles. The maximum Gasteiger partial charge on any atom is 0.306 e. The standard InChI is InChI=1S/C11H20O3/c1-3-10(11(12)13)8-4-6-9(14-2)7-5-8/h8-10H,3-7H2,1-2H3,(H,12,13). The summed E-state index contributed by atoms with van der Waals surface area (Å²) in [5.74, 6) is -0.412. The van der Waals surface area contributed by atoms with Gasteiger partial charge in [-0.2, -0.15) is 0 Å². The molecule has 0 spiro atoms. The molecular formula is C11H20O3. The molecule has 1 N–H and O–H groups in total. The van der Waals surface area contributed by atoms with E-state index in [1.165, 1.54) is 0 Å². The number of rotatable bonds is 4. The Bertz CT molecular complexity index is 183. The molecule has 0 aromatic rings. The Morgan fingerprint density at radius 3 is 2.36 bits per heavy atom. The molecule has 82 valence electrons. The van der Waals surface area contributed by atoms with Gasteiger partial charge in [-0.1, -0.05) is 6.92 Å². The fraction of sp³-hybridized carbons (Fsp3) is 0.909. The van der Waals surface area contributed by atoms with Gasteiger partial charge in [0.25, 0.3) is 0 Å². The van der Waals surface area contributed by atoms with Crippen molar-refractivity contribution in [2.24, 2.45) is 11.8 Å². The molecule has 1 saturated carbocycles. The first kappa shape index (κ1) is 11.5. The molecule has 1 atom stereocenters. The Kier molecular flexibility index (Phi) is 4.39. The zero-order chi connectivity index (χ0) is 10.6. The number of ether oxygens (including phenoxy) is 1. The maximum absolute atomic E-state index is 10.9. The van der Waals surface area contributed by atoms with Gasteiger partial charge in [0.15, 0.2) is 0 Å². The van der Waals surface area contributed by atoms with Gasteiger partial charge in [0.1, 0.15) is 0 Å². The van der Waals surface area contributed by atoms with Crippen molar-refractivity contribution in [3.63, 3.8) is 0 Å². The highest BCUT2D eigenvalue weighted by molar-refractivity contribution is 5.70. The second-order valence-electron chi connectivity index (χ2n) is 4.13. The Morgan fingerprint density at radius 1 is 1.43 bits per heavy atom. The Morgan fingerprint density at radius 2 is 2.00 bits per heavy atom. The number of hydrogen-bond donors (Lipinski definition) is 1. The lowest BCUT2D eigenvalue weighted by molar-refractivity contribution is -0.144. The summed E-state index contributed by atoms with van der Waals surface area (Å²) in [4.78, 5) is 10.9. The molecule has 0 amide bonds. The monoisotopic (exact) mass is 200 g/mol. The van der Waals surface area contributed by atoms with Crippen molar-refractivity contribution in [1.82, 2.24) is 0 Å². The average molecular weight is 200 g/mol. The smallest absolute Gasteiger partial charge is 0.306 e. The first-order valence-electron chi connectivity index (χ1n) is 5.44. The van der Waals surface area contributed by atoms with E-state index in [1.54, 1.807) is 7.11 Å². The van der Waals surface area contributed by atoms with Crippen LogP contribution in [-0.2, 0) is 9.53 Å². The van der Waals surface area contributed by atoms with E-state index in [-0.39, 0.29) is 5.92 Å². The summed E-state index contributed by atoms with van der Waals surface area (Å²) < 4.78 is 5.27. The topological polar surface area (TPSA) is 46.5 Å². The fourth-order valence-electron chi connectivity index (χ4n) is 2.44. The van der Waals surface area contributed by atoms with E-state index < -0.39 is 5.97 Å². The molecule has 1 aliphatic rings. The molecule has 1 rings (SSSR count). The van der Waals surface area contributed by atoms with Crippen LogP contribution in [0.3, 0.4) is 0 Å². The van der Waals surface area contributed by atoms with Crippen LogP contribution in [0, 0.1) is 11.8 Å². The van der Waals surface area contributed by atoms with Crippen LogP contribution in [0.1, 0.15) is 39.0 Å². The second kappa shape index (κ2) is 5.35. The van der Waals surface area contributed by atoms with Crippen molar-refractivity contribution in [1.29, 1.82) is 0 Å². The highest BCUT2D eigenvalue weighted by Gasteiger charge is 2.30. The molecule has 3 nitrogen and oxygen atoms in total. The average Bonchev–Trinajstić information content (AvgIpc) is 2.19. The maximum atomic E-state index is 10.9. The van der Waals surface area contributed by atoms with Gasteiger partial charge in [-0.15, -0.1) is 0 Å². The lowest BCUT2D eigenvalue weighted by Crippen LogP contribution is -2.29. The van der Waals surface area contributed by atoms with Crippen molar-refractivity contribution < 1.29 is 14.6 Å². The van der Waals surface area contributed by atoms with Crippen LogP contribution in [-0.4, -0.2) is 24.3 Å². The molecule has 3 heteroatoms. The molecule has 0 bridgehead atoms. The van der Waals surface area contributed by atoms with Crippen LogP contribution in [0.25, 0.3) is 0 Å². The second-order valence-corrected chi connectivity index (χ2v) is 4.13. The van der Waals surface area contributed by atoms with Crippen LogP contribution in [0.5, 0.6) is 0 Å². The van der Waals surface area contributed by atoms with Gasteiger partial charge < -0.3 is 9.84 Å². The number of hydrogen-bond acceptors (Lipinski definition) is 2. The lowest BCUT2D eigenvalue weighted by Gasteiger charge is -2.30. The Hall–Kier alpha value is -0.570. The number of methoxy groups -OCH3 is 1. The molecule has 1 aliphatic carbocycles. The Labute approximate surface area is 85.5 Å².